The van der Waals surface area contributed by atoms with Gasteiger partial charge in [-0.15, -0.1) is 12.4 Å². The molecule has 0 amide bonds. The van der Waals surface area contributed by atoms with Gasteiger partial charge in [-0.3, -0.25) is 0 Å². The molecule has 0 unspecified atom stereocenters. The summed E-state index contributed by atoms with van der Waals surface area (Å²) in [6.45, 7) is 0. The molecule has 0 spiro atoms. The zero-order valence-corrected chi connectivity index (χ0v) is 7.55. The average Bonchev–Trinajstić information content (AvgIpc) is 2.67. The predicted octanol–water partition coefficient (Wildman–Crippen LogP) is 1.61. The number of nitrogens with zero attached hydrogens (tertiary/aromatic N) is 1. The van der Waals surface area contributed by atoms with Crippen LogP contribution in [0.15, 0.2) is 42.6 Å². The van der Waals surface area contributed by atoms with Gasteiger partial charge in [-0.05, 0) is 0 Å². The first kappa shape index (κ1) is 10.3. The van der Waals surface area contributed by atoms with Crippen molar-refractivity contribution in [3.05, 3.63) is 48.8 Å². The van der Waals surface area contributed by atoms with Crippen molar-refractivity contribution in [3.63, 3.8) is 0 Å². The quantitative estimate of drug-likeness (QED) is 0.484. The van der Waals surface area contributed by atoms with Gasteiger partial charge in [0.1, 0.15) is 0 Å². The summed E-state index contributed by atoms with van der Waals surface area (Å²) in [6, 6.07) is 11.7. The maximum absolute atomic E-state index is 3.47. The van der Waals surface area contributed by atoms with Crippen molar-refractivity contribution in [2.45, 2.75) is 0 Å². The largest absolute Gasteiger partial charge is 2.00 e. The molecule has 2 nitrogen and oxygen atoms in total. The fraction of sp³-hybridized carbons (Fsp3) is 0. The van der Waals surface area contributed by atoms with Crippen molar-refractivity contribution in [2.75, 3.05) is 0 Å². The normalized spacial score (nSPS) is 7.27. The van der Waals surface area contributed by atoms with Crippen LogP contribution in [0.5, 0.6) is 0 Å². The van der Waals surface area contributed by atoms with E-state index in [9.17, 15) is 0 Å². The van der Waals surface area contributed by atoms with Crippen LogP contribution in [0.2, 0.25) is 0 Å². The Bertz CT molecular complexity index is 151. The minimum atomic E-state index is 0. The van der Waals surface area contributed by atoms with E-state index in [-0.39, 0.29) is 21.7 Å². The van der Waals surface area contributed by atoms with E-state index in [4.69, 9.17) is 0 Å². The van der Waals surface area contributed by atoms with Crippen molar-refractivity contribution < 1.29 is 21.7 Å². The molecule has 0 aliphatic heterocycles. The minimum absolute atomic E-state index is 0. The standard InChI is InChI=1S/C5H5.C3H3N2.Ti/c2*1-2-4-5-3-1;/h1-5H;1-2H,(H,4,5);/q2*-1;+2. The van der Waals surface area contributed by atoms with Gasteiger partial charge in [0.05, 0.1) is 0 Å². The van der Waals surface area contributed by atoms with Crippen LogP contribution < -0.4 is 0 Å². The molecule has 0 aliphatic rings. The van der Waals surface area contributed by atoms with E-state index in [1.165, 1.54) is 0 Å². The van der Waals surface area contributed by atoms with Crippen LogP contribution in [0.3, 0.4) is 0 Å². The fourth-order valence-electron chi connectivity index (χ4n) is 0.507. The van der Waals surface area contributed by atoms with Crippen LogP contribution in [0.25, 0.3) is 0 Å². The minimum Gasteiger partial charge on any atom is -0.382 e. The number of H-pyrrole nitrogens is 1. The first-order valence-electron chi connectivity index (χ1n) is 3.02. The van der Waals surface area contributed by atoms with E-state index in [0.717, 1.165) is 0 Å². The monoisotopic (exact) mass is 180 g/mol. The molecule has 3 heteroatoms. The summed E-state index contributed by atoms with van der Waals surface area (Å²) in [5.41, 5.74) is 0. The Hall–Kier alpha value is -0.726. The summed E-state index contributed by atoms with van der Waals surface area (Å²) in [6.07, 6.45) is 4.26. The third kappa shape index (κ3) is 5.71. The Kier molecular flexibility index (Phi) is 6.90. The fourth-order valence-corrected chi connectivity index (χ4v) is 0.507. The summed E-state index contributed by atoms with van der Waals surface area (Å²) in [7, 11) is 0. The molecule has 1 aromatic heterocycles. The van der Waals surface area contributed by atoms with Gasteiger partial charge in [-0.25, -0.2) is 12.1 Å². The van der Waals surface area contributed by atoms with Crippen molar-refractivity contribution in [3.8, 4) is 0 Å². The van der Waals surface area contributed by atoms with Gasteiger partial charge in [-0.2, -0.15) is 24.3 Å². The summed E-state index contributed by atoms with van der Waals surface area (Å²) in [4.78, 5) is 0. The second-order valence-corrected chi connectivity index (χ2v) is 1.67. The molecule has 2 rings (SSSR count). The van der Waals surface area contributed by atoms with E-state index in [1.54, 1.807) is 12.3 Å². The Balaban J connectivity index is 0.000000167. The van der Waals surface area contributed by atoms with E-state index in [2.05, 4.69) is 16.4 Å². The summed E-state index contributed by atoms with van der Waals surface area (Å²) in [5.74, 6) is 0. The summed E-state index contributed by atoms with van der Waals surface area (Å²) in [5, 5.41) is 6.03. The molecule has 11 heavy (non-hydrogen) atoms. The average molecular weight is 180 g/mol. The molecule has 2 aromatic rings. The van der Waals surface area contributed by atoms with Crippen molar-refractivity contribution in [1.82, 2.24) is 10.2 Å². The molecular weight excluding hydrogens is 172 g/mol. The number of nitrogens with one attached hydrogen (secondary N) is 1. The molecule has 0 aliphatic carbocycles. The maximum Gasteiger partial charge on any atom is 2.00 e. The van der Waals surface area contributed by atoms with Gasteiger partial charge in [-0.1, -0.05) is 0 Å². The molecule has 0 radical (unpaired) electrons. The van der Waals surface area contributed by atoms with E-state index < -0.39 is 0 Å². The van der Waals surface area contributed by atoms with Crippen LogP contribution in [0.1, 0.15) is 0 Å². The topological polar surface area (TPSA) is 28.7 Å². The van der Waals surface area contributed by atoms with Crippen molar-refractivity contribution in [2.24, 2.45) is 0 Å². The third-order valence-electron chi connectivity index (χ3n) is 0.917. The molecule has 0 bridgehead atoms. The molecule has 0 saturated carbocycles. The number of aromatic nitrogens is 2. The first-order chi connectivity index (χ1) is 5.00. The van der Waals surface area contributed by atoms with Crippen LogP contribution in [-0.4, -0.2) is 10.2 Å². The van der Waals surface area contributed by atoms with Gasteiger partial charge in [0, 0.05) is 0 Å². The van der Waals surface area contributed by atoms with Crippen LogP contribution >= 0.6 is 0 Å². The Morgan fingerprint density at radius 1 is 1.27 bits per heavy atom. The predicted molar refractivity (Wildman–Crippen MR) is 39.5 cm³/mol. The molecule has 1 heterocycles. The molecular formula is C8H8N2Ti. The number of aromatic amines is 1. The smallest absolute Gasteiger partial charge is 0.382 e. The zero-order valence-electron chi connectivity index (χ0n) is 5.99. The van der Waals surface area contributed by atoms with Crippen molar-refractivity contribution in [1.29, 1.82) is 0 Å². The molecule has 0 saturated heterocycles. The van der Waals surface area contributed by atoms with E-state index in [1.807, 2.05) is 30.3 Å². The van der Waals surface area contributed by atoms with Gasteiger partial charge in [0.2, 0.25) is 0 Å². The molecule has 0 atom stereocenters. The Morgan fingerprint density at radius 3 is 2.18 bits per heavy atom. The Morgan fingerprint density at radius 2 is 2.00 bits per heavy atom. The third-order valence-corrected chi connectivity index (χ3v) is 0.917. The van der Waals surface area contributed by atoms with Gasteiger partial charge in [0.25, 0.3) is 0 Å². The number of hydrogen-bond donors (Lipinski definition) is 1. The van der Waals surface area contributed by atoms with Crippen molar-refractivity contribution >= 4 is 0 Å². The number of hydrogen-bond acceptors (Lipinski definition) is 1. The SMILES string of the molecule is [Ti+2].[c-]1cc[nH]n1.c1cc[cH-]c1. The van der Waals surface area contributed by atoms with E-state index >= 15 is 0 Å². The summed E-state index contributed by atoms with van der Waals surface area (Å²) >= 11 is 0. The second kappa shape index (κ2) is 7.38. The van der Waals surface area contributed by atoms with Gasteiger partial charge in [0.15, 0.2) is 0 Å². The Labute approximate surface area is 80.9 Å². The summed E-state index contributed by atoms with van der Waals surface area (Å²) < 4.78 is 0. The molecule has 54 valence electrons. The van der Waals surface area contributed by atoms with Crippen LogP contribution in [-0.2, 0) is 21.7 Å². The number of rotatable bonds is 0. The van der Waals surface area contributed by atoms with Gasteiger partial charge >= 0.3 is 21.7 Å². The molecule has 1 N–H and O–H groups in total. The van der Waals surface area contributed by atoms with Crippen LogP contribution in [0, 0.1) is 6.20 Å². The van der Waals surface area contributed by atoms with E-state index in [0.29, 0.717) is 0 Å². The molecule has 1 aromatic carbocycles. The maximum atomic E-state index is 3.47. The van der Waals surface area contributed by atoms with Crippen LogP contribution in [0.4, 0.5) is 0 Å². The first-order valence-corrected chi connectivity index (χ1v) is 3.02. The van der Waals surface area contributed by atoms with Gasteiger partial charge < -0.3 is 10.2 Å². The zero-order chi connectivity index (χ0) is 7.07. The second-order valence-electron chi connectivity index (χ2n) is 1.67. The molecule has 0 fully saturated rings.